The third kappa shape index (κ3) is 4.08. The van der Waals surface area contributed by atoms with Crippen molar-refractivity contribution in [2.75, 3.05) is 51.3 Å². The highest BCUT2D eigenvalue weighted by atomic mass is 16.5. The van der Waals surface area contributed by atoms with E-state index in [1.807, 2.05) is 12.1 Å². The molecule has 148 valence electrons. The lowest BCUT2D eigenvalue weighted by Gasteiger charge is -2.45. The van der Waals surface area contributed by atoms with Crippen LogP contribution in [0, 0.1) is 5.92 Å². The second kappa shape index (κ2) is 8.51. The van der Waals surface area contributed by atoms with Crippen molar-refractivity contribution in [3.05, 3.63) is 24.3 Å². The van der Waals surface area contributed by atoms with Gasteiger partial charge < -0.3 is 14.5 Å². The molecule has 2 aliphatic heterocycles. The number of para-hydroxylation sites is 2. The Kier molecular flexibility index (Phi) is 5.86. The number of ether oxygens (including phenoxy) is 1. The summed E-state index contributed by atoms with van der Waals surface area (Å²) in [7, 11) is 1.73. The van der Waals surface area contributed by atoms with Crippen LogP contribution in [0.25, 0.3) is 0 Å². The van der Waals surface area contributed by atoms with E-state index in [9.17, 15) is 4.79 Å². The van der Waals surface area contributed by atoms with E-state index in [1.54, 1.807) is 7.11 Å². The number of nitrogens with zero attached hydrogens (tertiary/aromatic N) is 3. The number of rotatable bonds is 4. The Hall–Kier alpha value is -1.75. The normalized spacial score (nSPS) is 26.6. The fourth-order valence-corrected chi connectivity index (χ4v) is 5.25. The van der Waals surface area contributed by atoms with Crippen LogP contribution in [0.4, 0.5) is 5.69 Å². The number of hydrogen-bond acceptors (Lipinski definition) is 4. The van der Waals surface area contributed by atoms with Crippen LogP contribution in [0.1, 0.15) is 38.5 Å². The summed E-state index contributed by atoms with van der Waals surface area (Å²) in [5, 5.41) is 0. The van der Waals surface area contributed by atoms with Crippen molar-refractivity contribution in [1.29, 1.82) is 0 Å². The number of methoxy groups -OCH3 is 1. The second-order valence-corrected chi connectivity index (χ2v) is 8.28. The van der Waals surface area contributed by atoms with Gasteiger partial charge >= 0.3 is 0 Å². The summed E-state index contributed by atoms with van der Waals surface area (Å²) in [6, 6.07) is 8.73. The van der Waals surface area contributed by atoms with Gasteiger partial charge in [-0.15, -0.1) is 0 Å². The van der Waals surface area contributed by atoms with Crippen molar-refractivity contribution in [3.8, 4) is 5.75 Å². The molecule has 1 aliphatic carbocycles. The summed E-state index contributed by atoms with van der Waals surface area (Å²) in [5.41, 5.74) is 1.16. The van der Waals surface area contributed by atoms with Gasteiger partial charge in [0.1, 0.15) is 5.75 Å². The van der Waals surface area contributed by atoms with E-state index >= 15 is 0 Å². The van der Waals surface area contributed by atoms with Crippen molar-refractivity contribution >= 4 is 11.6 Å². The summed E-state index contributed by atoms with van der Waals surface area (Å²) in [6.45, 7) is 5.32. The lowest BCUT2D eigenvalue weighted by Crippen LogP contribution is -2.54. The Morgan fingerprint density at radius 3 is 2.56 bits per heavy atom. The molecule has 4 rings (SSSR count). The second-order valence-electron chi connectivity index (χ2n) is 8.28. The smallest absolute Gasteiger partial charge is 0.237 e. The summed E-state index contributed by atoms with van der Waals surface area (Å²) in [4.78, 5) is 20.0. The molecular weight excluding hydrogens is 338 g/mol. The topological polar surface area (TPSA) is 36.0 Å². The van der Waals surface area contributed by atoms with Crippen LogP contribution >= 0.6 is 0 Å². The van der Waals surface area contributed by atoms with E-state index in [0.29, 0.717) is 18.5 Å². The minimum absolute atomic E-state index is 0.359. The van der Waals surface area contributed by atoms with Crippen molar-refractivity contribution in [1.82, 2.24) is 9.80 Å². The first-order valence-electron chi connectivity index (χ1n) is 10.7. The van der Waals surface area contributed by atoms with E-state index in [0.717, 1.165) is 50.1 Å². The van der Waals surface area contributed by atoms with Gasteiger partial charge in [0.05, 0.1) is 19.3 Å². The molecule has 1 aromatic rings. The zero-order chi connectivity index (χ0) is 18.6. The average molecular weight is 372 g/mol. The number of carbonyl (C=O) groups excluding carboxylic acids is 1. The molecule has 0 bridgehead atoms. The van der Waals surface area contributed by atoms with Gasteiger partial charge in [0.15, 0.2) is 0 Å². The molecule has 2 heterocycles. The molecule has 1 aromatic carbocycles. The van der Waals surface area contributed by atoms with Crippen LogP contribution in [0.2, 0.25) is 0 Å². The minimum atomic E-state index is 0.359. The number of carbonyl (C=O) groups is 1. The Morgan fingerprint density at radius 1 is 1.00 bits per heavy atom. The molecule has 3 fully saturated rings. The first-order valence-corrected chi connectivity index (χ1v) is 10.7. The maximum absolute atomic E-state index is 13.0. The Morgan fingerprint density at radius 2 is 1.74 bits per heavy atom. The van der Waals surface area contributed by atoms with Gasteiger partial charge in [-0.2, -0.15) is 0 Å². The number of amides is 1. The van der Waals surface area contributed by atoms with Crippen molar-refractivity contribution < 1.29 is 9.53 Å². The van der Waals surface area contributed by atoms with Gasteiger partial charge in [0, 0.05) is 38.8 Å². The molecular formula is C22H33N3O2. The van der Waals surface area contributed by atoms with Gasteiger partial charge in [-0.05, 0) is 43.7 Å². The Bertz CT molecular complexity index is 640. The first kappa shape index (κ1) is 18.6. The van der Waals surface area contributed by atoms with Crippen LogP contribution in [-0.2, 0) is 4.79 Å². The number of anilines is 1. The molecule has 0 unspecified atom stereocenters. The van der Waals surface area contributed by atoms with E-state index in [-0.39, 0.29) is 0 Å². The van der Waals surface area contributed by atoms with E-state index in [2.05, 4.69) is 26.8 Å². The van der Waals surface area contributed by atoms with Gasteiger partial charge in [0.25, 0.3) is 0 Å². The molecule has 2 atom stereocenters. The number of fused-ring (bicyclic) bond motifs is 1. The SMILES string of the molecule is COc1ccccc1N1CCN(CC(=O)N2CCC[C@H]3CCCC[C@H]32)CC1. The lowest BCUT2D eigenvalue weighted by atomic mass is 9.78. The number of piperidine rings is 1. The minimum Gasteiger partial charge on any atom is -0.495 e. The Labute approximate surface area is 163 Å². The monoisotopic (exact) mass is 371 g/mol. The summed E-state index contributed by atoms with van der Waals surface area (Å²) >= 11 is 0. The fraction of sp³-hybridized carbons (Fsp3) is 0.682. The molecule has 1 saturated carbocycles. The summed E-state index contributed by atoms with van der Waals surface area (Å²) in [6.07, 6.45) is 7.71. The molecule has 0 N–H and O–H groups in total. The van der Waals surface area contributed by atoms with Crippen LogP contribution in [0.3, 0.4) is 0 Å². The molecule has 0 spiro atoms. The standard InChI is InChI=1S/C22H33N3O2/c1-27-21-11-5-4-10-20(21)24-15-13-23(14-16-24)17-22(26)25-12-6-8-18-7-2-3-9-19(18)25/h4-5,10-11,18-19H,2-3,6-9,12-17H2,1H3/t18-,19-/m1/s1. The highest BCUT2D eigenvalue weighted by Gasteiger charge is 2.36. The van der Waals surface area contributed by atoms with Crippen LogP contribution in [0.5, 0.6) is 5.75 Å². The van der Waals surface area contributed by atoms with E-state index < -0.39 is 0 Å². The van der Waals surface area contributed by atoms with Crippen molar-refractivity contribution in [3.63, 3.8) is 0 Å². The third-order valence-corrected chi connectivity index (χ3v) is 6.72. The number of benzene rings is 1. The molecule has 5 nitrogen and oxygen atoms in total. The zero-order valence-electron chi connectivity index (χ0n) is 16.6. The Balaban J connectivity index is 1.32. The highest BCUT2D eigenvalue weighted by molar-refractivity contribution is 5.79. The predicted octanol–water partition coefficient (Wildman–Crippen LogP) is 3.00. The van der Waals surface area contributed by atoms with Gasteiger partial charge in [-0.3, -0.25) is 9.69 Å². The number of piperazine rings is 1. The maximum atomic E-state index is 13.0. The third-order valence-electron chi connectivity index (χ3n) is 6.72. The van der Waals surface area contributed by atoms with E-state index in [4.69, 9.17) is 4.74 Å². The number of likely N-dealkylation sites (tertiary alicyclic amines) is 1. The van der Waals surface area contributed by atoms with Crippen molar-refractivity contribution in [2.45, 2.75) is 44.6 Å². The quantitative estimate of drug-likeness (QED) is 0.815. The van der Waals surface area contributed by atoms with Gasteiger partial charge in [-0.1, -0.05) is 25.0 Å². The van der Waals surface area contributed by atoms with Crippen molar-refractivity contribution in [2.24, 2.45) is 5.92 Å². The number of hydrogen-bond donors (Lipinski definition) is 0. The first-order chi connectivity index (χ1) is 13.3. The average Bonchev–Trinajstić information content (AvgIpc) is 2.74. The summed E-state index contributed by atoms with van der Waals surface area (Å²) < 4.78 is 5.50. The highest BCUT2D eigenvalue weighted by Crippen LogP contribution is 2.35. The van der Waals surface area contributed by atoms with Gasteiger partial charge in [0.2, 0.25) is 5.91 Å². The molecule has 5 heteroatoms. The van der Waals surface area contributed by atoms with Crippen LogP contribution in [-0.4, -0.2) is 68.1 Å². The largest absolute Gasteiger partial charge is 0.495 e. The molecule has 2 saturated heterocycles. The van der Waals surface area contributed by atoms with Crippen LogP contribution < -0.4 is 9.64 Å². The molecule has 1 amide bonds. The predicted molar refractivity (Wildman–Crippen MR) is 108 cm³/mol. The zero-order valence-corrected chi connectivity index (χ0v) is 16.6. The maximum Gasteiger partial charge on any atom is 0.237 e. The fourth-order valence-electron chi connectivity index (χ4n) is 5.25. The molecule has 0 aromatic heterocycles. The molecule has 27 heavy (non-hydrogen) atoms. The van der Waals surface area contributed by atoms with Crippen LogP contribution in [0.15, 0.2) is 24.3 Å². The molecule has 0 radical (unpaired) electrons. The summed E-state index contributed by atoms with van der Waals surface area (Å²) in [5.74, 6) is 2.05. The van der Waals surface area contributed by atoms with E-state index in [1.165, 1.54) is 38.5 Å². The van der Waals surface area contributed by atoms with Gasteiger partial charge in [-0.25, -0.2) is 0 Å². The molecule has 3 aliphatic rings. The lowest BCUT2D eigenvalue weighted by molar-refractivity contribution is -0.138.